The first-order valence-electron chi connectivity index (χ1n) is 9.36. The van der Waals surface area contributed by atoms with E-state index in [0.717, 1.165) is 27.9 Å². The van der Waals surface area contributed by atoms with Crippen molar-refractivity contribution in [2.45, 2.75) is 32.9 Å². The van der Waals surface area contributed by atoms with Crippen molar-refractivity contribution in [3.05, 3.63) is 72.2 Å². The van der Waals surface area contributed by atoms with Gasteiger partial charge in [-0.15, -0.1) is 0 Å². The lowest BCUT2D eigenvalue weighted by molar-refractivity contribution is -0.145. The highest BCUT2D eigenvalue weighted by Gasteiger charge is 2.30. The van der Waals surface area contributed by atoms with Gasteiger partial charge in [-0.2, -0.15) is 0 Å². The third-order valence-electron chi connectivity index (χ3n) is 5.08. The van der Waals surface area contributed by atoms with Gasteiger partial charge in [0.2, 0.25) is 5.89 Å². The largest absolute Gasteiger partial charge is 0.487 e. The van der Waals surface area contributed by atoms with E-state index < -0.39 is 11.5 Å². The van der Waals surface area contributed by atoms with Crippen molar-refractivity contribution in [3.63, 3.8) is 0 Å². The molecule has 29 heavy (non-hydrogen) atoms. The van der Waals surface area contributed by atoms with Crippen LogP contribution in [-0.2, 0) is 16.9 Å². The summed E-state index contributed by atoms with van der Waals surface area (Å²) in [6.07, 6.45) is 1.79. The number of hydrogen-bond donors (Lipinski definition) is 1. The number of fused-ring (bicyclic) bond motifs is 1. The zero-order valence-corrected chi connectivity index (χ0v) is 16.5. The fraction of sp³-hybridized carbons (Fsp3) is 0.217. The van der Waals surface area contributed by atoms with Gasteiger partial charge in [0.05, 0.1) is 0 Å². The Morgan fingerprint density at radius 3 is 2.66 bits per heavy atom. The number of benzene rings is 2. The standard InChI is InChI=1S/C23H22N2O4/c1-15-19(24-21(29-15)16-7-5-4-6-8-16)14-28-18-9-10-20-17(13-18)11-12-25(20)23(2,3)22(26)27/h4-13H,14H2,1-3H3,(H,26,27). The molecule has 1 N–H and O–H groups in total. The number of aromatic nitrogens is 2. The molecule has 0 aliphatic rings. The maximum atomic E-state index is 11.6. The van der Waals surface area contributed by atoms with Crippen molar-refractivity contribution >= 4 is 16.9 Å². The van der Waals surface area contributed by atoms with Gasteiger partial charge in [-0.25, -0.2) is 9.78 Å². The SMILES string of the molecule is Cc1oc(-c2ccccc2)nc1COc1ccc2c(ccn2C(C)(C)C(=O)O)c1. The van der Waals surface area contributed by atoms with E-state index in [9.17, 15) is 9.90 Å². The molecule has 0 bridgehead atoms. The number of ether oxygens (including phenoxy) is 1. The van der Waals surface area contributed by atoms with Crippen LogP contribution in [0.1, 0.15) is 25.3 Å². The molecule has 148 valence electrons. The van der Waals surface area contributed by atoms with Gasteiger partial charge in [0.1, 0.15) is 29.3 Å². The number of nitrogens with zero attached hydrogens (tertiary/aromatic N) is 2. The van der Waals surface area contributed by atoms with Gasteiger partial charge < -0.3 is 18.8 Å². The smallest absolute Gasteiger partial charge is 0.329 e. The van der Waals surface area contributed by atoms with E-state index >= 15 is 0 Å². The van der Waals surface area contributed by atoms with Crippen LogP contribution in [-0.4, -0.2) is 20.6 Å². The van der Waals surface area contributed by atoms with Gasteiger partial charge in [-0.05, 0) is 57.2 Å². The van der Waals surface area contributed by atoms with Crippen molar-refractivity contribution in [2.24, 2.45) is 0 Å². The highest BCUT2D eigenvalue weighted by Crippen LogP contribution is 2.28. The molecule has 0 spiro atoms. The number of carboxylic acid groups (broad SMARTS) is 1. The maximum Gasteiger partial charge on any atom is 0.329 e. The molecule has 4 rings (SSSR count). The second kappa shape index (κ2) is 7.13. The Morgan fingerprint density at radius 2 is 1.93 bits per heavy atom. The third-order valence-corrected chi connectivity index (χ3v) is 5.08. The normalized spacial score (nSPS) is 11.7. The highest BCUT2D eigenvalue weighted by molar-refractivity contribution is 5.85. The number of aliphatic carboxylic acids is 1. The van der Waals surface area contributed by atoms with Crippen LogP contribution in [0.2, 0.25) is 0 Å². The van der Waals surface area contributed by atoms with Gasteiger partial charge in [-0.1, -0.05) is 18.2 Å². The molecule has 4 aromatic rings. The number of rotatable bonds is 6. The van der Waals surface area contributed by atoms with E-state index in [1.807, 2.05) is 61.5 Å². The van der Waals surface area contributed by atoms with Crippen molar-refractivity contribution in [1.82, 2.24) is 9.55 Å². The zero-order chi connectivity index (χ0) is 20.6. The quantitative estimate of drug-likeness (QED) is 0.501. The van der Waals surface area contributed by atoms with Crippen LogP contribution in [0, 0.1) is 6.92 Å². The van der Waals surface area contributed by atoms with Crippen LogP contribution < -0.4 is 4.74 Å². The lowest BCUT2D eigenvalue weighted by Crippen LogP contribution is -2.34. The molecule has 6 heteroatoms. The second-order valence-corrected chi connectivity index (χ2v) is 7.45. The first-order chi connectivity index (χ1) is 13.9. The topological polar surface area (TPSA) is 77.5 Å². The molecule has 0 fully saturated rings. The Balaban J connectivity index is 1.54. The molecule has 2 aromatic heterocycles. The molecule has 2 heterocycles. The molecule has 0 saturated heterocycles. The maximum absolute atomic E-state index is 11.6. The lowest BCUT2D eigenvalue weighted by atomic mass is 10.1. The Kier molecular flexibility index (Phi) is 4.62. The number of carbonyl (C=O) groups is 1. The van der Waals surface area contributed by atoms with Crippen molar-refractivity contribution < 1.29 is 19.1 Å². The molecule has 0 radical (unpaired) electrons. The molecular weight excluding hydrogens is 368 g/mol. The summed E-state index contributed by atoms with van der Waals surface area (Å²) < 4.78 is 13.4. The average Bonchev–Trinajstić information content (AvgIpc) is 3.30. The van der Waals surface area contributed by atoms with Crippen molar-refractivity contribution in [2.75, 3.05) is 0 Å². The molecule has 0 saturated carbocycles. The number of carboxylic acids is 1. The molecule has 0 aliphatic carbocycles. The average molecular weight is 390 g/mol. The van der Waals surface area contributed by atoms with Crippen LogP contribution in [0.4, 0.5) is 0 Å². The predicted molar refractivity (Wildman–Crippen MR) is 110 cm³/mol. The predicted octanol–water partition coefficient (Wildman–Crippen LogP) is 5.00. The Morgan fingerprint density at radius 1 is 1.17 bits per heavy atom. The van der Waals surface area contributed by atoms with Crippen LogP contribution in [0.25, 0.3) is 22.4 Å². The van der Waals surface area contributed by atoms with Crippen LogP contribution in [0.5, 0.6) is 5.75 Å². The molecule has 2 aromatic carbocycles. The first kappa shape index (κ1) is 18.8. The summed E-state index contributed by atoms with van der Waals surface area (Å²) in [5, 5.41) is 10.4. The fourth-order valence-corrected chi connectivity index (χ4v) is 3.22. The second-order valence-electron chi connectivity index (χ2n) is 7.45. The molecule has 0 unspecified atom stereocenters. The lowest BCUT2D eigenvalue weighted by Gasteiger charge is -2.23. The monoisotopic (exact) mass is 390 g/mol. The summed E-state index contributed by atoms with van der Waals surface area (Å²) in [5.41, 5.74) is 1.48. The van der Waals surface area contributed by atoms with E-state index in [2.05, 4.69) is 4.98 Å². The summed E-state index contributed by atoms with van der Waals surface area (Å²) in [6, 6.07) is 17.2. The van der Waals surface area contributed by atoms with E-state index in [-0.39, 0.29) is 6.61 Å². The van der Waals surface area contributed by atoms with Crippen LogP contribution in [0.3, 0.4) is 0 Å². The van der Waals surface area contributed by atoms with Gasteiger partial charge in [0.15, 0.2) is 0 Å². The number of oxazole rings is 1. The summed E-state index contributed by atoms with van der Waals surface area (Å²) in [7, 11) is 0. The van der Waals surface area contributed by atoms with E-state index in [1.165, 1.54) is 0 Å². The summed E-state index contributed by atoms with van der Waals surface area (Å²) in [6.45, 7) is 5.51. The van der Waals surface area contributed by atoms with E-state index in [0.29, 0.717) is 11.6 Å². The summed E-state index contributed by atoms with van der Waals surface area (Å²) in [4.78, 5) is 16.1. The number of aryl methyl sites for hydroxylation is 1. The van der Waals surface area contributed by atoms with Gasteiger partial charge in [-0.3, -0.25) is 0 Å². The van der Waals surface area contributed by atoms with Crippen molar-refractivity contribution in [1.29, 1.82) is 0 Å². The van der Waals surface area contributed by atoms with E-state index in [1.54, 1.807) is 24.6 Å². The Hall–Kier alpha value is -3.54. The van der Waals surface area contributed by atoms with Crippen LogP contribution >= 0.6 is 0 Å². The van der Waals surface area contributed by atoms with Crippen molar-refractivity contribution in [3.8, 4) is 17.2 Å². The molecular formula is C23H22N2O4. The minimum atomic E-state index is -1.03. The highest BCUT2D eigenvalue weighted by atomic mass is 16.5. The molecule has 0 atom stereocenters. The molecule has 6 nitrogen and oxygen atoms in total. The third kappa shape index (κ3) is 3.49. The zero-order valence-electron chi connectivity index (χ0n) is 16.5. The van der Waals surface area contributed by atoms with Crippen LogP contribution in [0.15, 0.2) is 65.2 Å². The molecule has 0 amide bonds. The summed E-state index contributed by atoms with van der Waals surface area (Å²) in [5.74, 6) is 1.10. The van der Waals surface area contributed by atoms with E-state index in [4.69, 9.17) is 9.15 Å². The first-order valence-corrected chi connectivity index (χ1v) is 9.36. The summed E-state index contributed by atoms with van der Waals surface area (Å²) >= 11 is 0. The Bertz CT molecular complexity index is 1170. The van der Waals surface area contributed by atoms with Gasteiger partial charge in [0, 0.05) is 22.7 Å². The van der Waals surface area contributed by atoms with Gasteiger partial charge >= 0.3 is 5.97 Å². The number of hydrogen-bond acceptors (Lipinski definition) is 4. The minimum Gasteiger partial charge on any atom is -0.487 e. The Labute approximate surface area is 168 Å². The fourth-order valence-electron chi connectivity index (χ4n) is 3.22. The van der Waals surface area contributed by atoms with Gasteiger partial charge in [0.25, 0.3) is 0 Å². The molecule has 0 aliphatic heterocycles. The minimum absolute atomic E-state index is 0.287.